The van der Waals surface area contributed by atoms with E-state index in [-0.39, 0.29) is 43.7 Å². The molecule has 0 saturated carbocycles. The molecular formula is C32H40BrN3O7. The number of cyclic esters (lactones) is 1. The lowest BCUT2D eigenvalue weighted by atomic mass is 9.74. The molecule has 7 atom stereocenters. The van der Waals surface area contributed by atoms with Gasteiger partial charge < -0.3 is 29.7 Å². The number of aliphatic hydroxyl groups excluding tert-OH is 1. The van der Waals surface area contributed by atoms with Gasteiger partial charge in [-0.1, -0.05) is 71.8 Å². The molecule has 3 amide bonds. The van der Waals surface area contributed by atoms with Crippen molar-refractivity contribution in [2.75, 3.05) is 26.2 Å². The zero-order valence-corrected chi connectivity index (χ0v) is 26.2. The number of amides is 3. The maximum absolute atomic E-state index is 14.4. The number of nitrogens with one attached hydrogen (secondary N) is 1. The number of nitrogens with zero attached hydrogens (tertiary/aromatic N) is 2. The number of benzene rings is 1. The number of fused-ring (bicyclic) bond motifs is 2. The summed E-state index contributed by atoms with van der Waals surface area (Å²) in [6.45, 7) is 4.63. The Morgan fingerprint density at radius 1 is 1.05 bits per heavy atom. The van der Waals surface area contributed by atoms with Crippen LogP contribution in [0.3, 0.4) is 0 Å². The van der Waals surface area contributed by atoms with Gasteiger partial charge in [-0.3, -0.25) is 19.2 Å². The Kier molecular flexibility index (Phi) is 9.73. The van der Waals surface area contributed by atoms with E-state index < -0.39 is 47.7 Å². The van der Waals surface area contributed by atoms with E-state index in [1.165, 1.54) is 4.90 Å². The van der Waals surface area contributed by atoms with Crippen LogP contribution in [0.1, 0.15) is 57.6 Å². The van der Waals surface area contributed by atoms with E-state index in [0.717, 1.165) is 12.8 Å². The highest BCUT2D eigenvalue weighted by molar-refractivity contribution is 9.11. The van der Waals surface area contributed by atoms with Gasteiger partial charge in [0.1, 0.15) is 29.8 Å². The van der Waals surface area contributed by atoms with Crippen LogP contribution in [0.4, 0.5) is 0 Å². The first kappa shape index (κ1) is 31.4. The summed E-state index contributed by atoms with van der Waals surface area (Å²) in [4.78, 5) is 58.8. The van der Waals surface area contributed by atoms with Gasteiger partial charge >= 0.3 is 5.97 Å². The fourth-order valence-electron chi connectivity index (χ4n) is 6.80. The van der Waals surface area contributed by atoms with E-state index in [0.29, 0.717) is 29.6 Å². The summed E-state index contributed by atoms with van der Waals surface area (Å²) in [6, 6.07) is 7.63. The Hall–Kier alpha value is -3.02. The second-order valence-electron chi connectivity index (χ2n) is 11.7. The third kappa shape index (κ3) is 5.91. The van der Waals surface area contributed by atoms with Crippen molar-refractivity contribution in [3.63, 3.8) is 0 Å². The van der Waals surface area contributed by atoms with Gasteiger partial charge in [-0.15, -0.1) is 0 Å². The van der Waals surface area contributed by atoms with Crippen LogP contribution < -0.4 is 5.32 Å². The Bertz CT molecular complexity index is 1290. The van der Waals surface area contributed by atoms with Gasteiger partial charge in [-0.2, -0.15) is 0 Å². The topological polar surface area (TPSA) is 125 Å². The minimum absolute atomic E-state index is 0.151. The summed E-state index contributed by atoms with van der Waals surface area (Å²) in [5, 5.41) is 12.6. The van der Waals surface area contributed by atoms with Gasteiger partial charge in [0, 0.05) is 37.1 Å². The Morgan fingerprint density at radius 2 is 1.81 bits per heavy atom. The van der Waals surface area contributed by atoms with Crippen molar-refractivity contribution < 1.29 is 33.8 Å². The van der Waals surface area contributed by atoms with Crippen molar-refractivity contribution in [1.82, 2.24) is 15.1 Å². The Balaban J connectivity index is 1.59. The third-order valence-corrected chi connectivity index (χ3v) is 9.51. The molecule has 4 heterocycles. The average Bonchev–Trinajstić information content (AvgIpc) is 3.58. The fraction of sp³-hybridized carbons (Fsp3) is 0.562. The van der Waals surface area contributed by atoms with Crippen LogP contribution in [0.2, 0.25) is 0 Å². The number of aliphatic hydroxyl groups is 1. The average molecular weight is 659 g/mol. The summed E-state index contributed by atoms with van der Waals surface area (Å²) >= 11 is 3.57. The van der Waals surface area contributed by atoms with Crippen molar-refractivity contribution >= 4 is 39.6 Å². The molecule has 4 aliphatic rings. The number of hydrogen-bond donors (Lipinski definition) is 2. The molecule has 0 aromatic heterocycles. The largest absolute Gasteiger partial charge is 0.455 e. The second kappa shape index (κ2) is 13.3. The molecular weight excluding hydrogens is 618 g/mol. The highest BCUT2D eigenvalue weighted by Crippen LogP contribution is 2.59. The highest BCUT2D eigenvalue weighted by atomic mass is 79.9. The normalized spacial score (nSPS) is 33.7. The van der Waals surface area contributed by atoms with Crippen LogP contribution in [-0.4, -0.2) is 88.6 Å². The van der Waals surface area contributed by atoms with E-state index in [9.17, 15) is 24.3 Å². The van der Waals surface area contributed by atoms with Gasteiger partial charge in [0.25, 0.3) is 0 Å². The van der Waals surface area contributed by atoms with E-state index in [1.807, 2.05) is 49.4 Å². The lowest BCUT2D eigenvalue weighted by Gasteiger charge is -2.35. The van der Waals surface area contributed by atoms with Crippen molar-refractivity contribution in [2.24, 2.45) is 11.8 Å². The number of unbranched alkanes of at least 4 members (excludes halogenated alkanes) is 1. The molecule has 1 spiro atoms. The summed E-state index contributed by atoms with van der Waals surface area (Å²) < 4.78 is 13.3. The number of likely N-dealkylation sites (tertiary alicyclic amines) is 1. The summed E-state index contributed by atoms with van der Waals surface area (Å²) in [5.41, 5.74) is -0.655. The molecule has 1 aromatic carbocycles. The van der Waals surface area contributed by atoms with Gasteiger partial charge in [-0.05, 0) is 37.8 Å². The molecule has 0 radical (unpaired) electrons. The van der Waals surface area contributed by atoms with Crippen LogP contribution in [0, 0.1) is 11.8 Å². The molecule has 0 unspecified atom stereocenters. The number of hydrogen-bond acceptors (Lipinski definition) is 7. The van der Waals surface area contributed by atoms with E-state index in [4.69, 9.17) is 9.47 Å². The van der Waals surface area contributed by atoms with E-state index >= 15 is 0 Å². The lowest BCUT2D eigenvalue weighted by molar-refractivity contribution is -0.161. The molecule has 4 aliphatic heterocycles. The minimum atomic E-state index is -1.36. The molecule has 11 heteroatoms. The summed E-state index contributed by atoms with van der Waals surface area (Å²) in [5.74, 6) is -3.42. The molecule has 43 heavy (non-hydrogen) atoms. The smallest absolute Gasteiger partial charge is 0.313 e. The quantitative estimate of drug-likeness (QED) is 0.341. The minimum Gasteiger partial charge on any atom is -0.455 e. The highest BCUT2D eigenvalue weighted by Gasteiger charge is 2.74. The molecule has 10 nitrogen and oxygen atoms in total. The van der Waals surface area contributed by atoms with Crippen molar-refractivity contribution in [3.05, 3.63) is 58.6 Å². The number of esters is 1. The third-order valence-electron chi connectivity index (χ3n) is 8.83. The van der Waals surface area contributed by atoms with Crippen LogP contribution in [0.5, 0.6) is 0 Å². The SMILES string of the molecule is CCCCN1C/C=C\CCC(=O)N[C@H](C)[C@@H](c2ccccc2)OC(=O)[C@@H]2[C@H]3O[C@@]4(C=C3Br)[C@H](C1=O)N(CCCO)C(=O)[C@@H]24. The maximum atomic E-state index is 14.4. The standard InChI is InChI=1S/C32H40BrN3O7/c1-3-4-15-35-16-10-6-9-14-23(38)34-20(2)26(21-12-7-5-8-13-21)42-31(41)24-25-29(39)36(17-11-18-37)28(30(35)40)32(25)19-22(33)27(24)43-32/h5-8,10,12-13,19-20,24-28,37H,3-4,9,11,14-18H2,1-2H3,(H,34,38)/b10-6-/t20-,24+,25-,26+,27+,28+,32-/m1/s1. The first-order valence-electron chi connectivity index (χ1n) is 15.2. The molecule has 232 valence electrons. The number of halogens is 1. The zero-order chi connectivity index (χ0) is 30.7. The maximum Gasteiger partial charge on any atom is 0.313 e. The molecule has 1 aromatic rings. The first-order valence-corrected chi connectivity index (χ1v) is 16.0. The molecule has 2 N–H and O–H groups in total. The predicted molar refractivity (Wildman–Crippen MR) is 162 cm³/mol. The van der Waals surface area contributed by atoms with Gasteiger partial charge in [0.15, 0.2) is 0 Å². The number of rotatable bonds is 7. The van der Waals surface area contributed by atoms with Crippen LogP contribution in [0.15, 0.2) is 53.0 Å². The molecule has 2 fully saturated rings. The van der Waals surface area contributed by atoms with Crippen molar-refractivity contribution in [1.29, 1.82) is 0 Å². The monoisotopic (exact) mass is 657 g/mol. The molecule has 0 aliphatic carbocycles. The number of carbonyl (C=O) groups excluding carboxylic acids is 4. The first-order chi connectivity index (χ1) is 20.7. The second-order valence-corrected chi connectivity index (χ2v) is 12.6. The van der Waals surface area contributed by atoms with Gasteiger partial charge in [-0.25, -0.2) is 0 Å². The van der Waals surface area contributed by atoms with Crippen LogP contribution >= 0.6 is 15.9 Å². The summed E-state index contributed by atoms with van der Waals surface area (Å²) in [6.07, 6.45) is 6.59. The molecule has 5 bridgehead atoms. The van der Waals surface area contributed by atoms with E-state index in [1.54, 1.807) is 17.9 Å². The van der Waals surface area contributed by atoms with Gasteiger partial charge in [0.2, 0.25) is 17.7 Å². The van der Waals surface area contributed by atoms with Crippen molar-refractivity contribution in [3.8, 4) is 0 Å². The van der Waals surface area contributed by atoms with Crippen LogP contribution in [-0.2, 0) is 28.7 Å². The van der Waals surface area contributed by atoms with Crippen LogP contribution in [0.25, 0.3) is 0 Å². The predicted octanol–water partition coefficient (Wildman–Crippen LogP) is 3.01. The van der Waals surface area contributed by atoms with Crippen molar-refractivity contribution in [2.45, 2.75) is 75.8 Å². The molecule has 2 saturated heterocycles. The Morgan fingerprint density at radius 3 is 2.53 bits per heavy atom. The zero-order valence-electron chi connectivity index (χ0n) is 24.6. The van der Waals surface area contributed by atoms with E-state index in [2.05, 4.69) is 21.2 Å². The number of carbonyl (C=O) groups is 4. The summed E-state index contributed by atoms with van der Waals surface area (Å²) in [7, 11) is 0. The number of allylic oxidation sites excluding steroid dienone is 1. The Labute approximate surface area is 260 Å². The molecule has 5 rings (SSSR count). The lowest BCUT2D eigenvalue weighted by Crippen LogP contribution is -2.56. The fourth-order valence-corrected chi connectivity index (χ4v) is 7.54. The van der Waals surface area contributed by atoms with Gasteiger partial charge in [0.05, 0.1) is 12.0 Å². The number of ether oxygens (including phenoxy) is 2.